The SMILES string of the molecule is CC(C)(C)OC(=O)N1CCC[C@H]1CSc1nnnn1C1CCCC1. The fourth-order valence-electron chi connectivity index (χ4n) is 3.40. The first-order valence-electron chi connectivity index (χ1n) is 8.84. The summed E-state index contributed by atoms with van der Waals surface area (Å²) in [6, 6.07) is 0.631. The molecular formula is C16H27N5O2S. The topological polar surface area (TPSA) is 73.1 Å². The van der Waals surface area contributed by atoms with E-state index in [1.807, 2.05) is 30.4 Å². The van der Waals surface area contributed by atoms with E-state index in [0.717, 1.165) is 43.1 Å². The van der Waals surface area contributed by atoms with Crippen molar-refractivity contribution in [3.05, 3.63) is 0 Å². The predicted octanol–water partition coefficient (Wildman–Crippen LogP) is 3.28. The first-order valence-corrected chi connectivity index (χ1v) is 9.83. The van der Waals surface area contributed by atoms with Gasteiger partial charge in [0, 0.05) is 18.3 Å². The molecule has 1 saturated heterocycles. The lowest BCUT2D eigenvalue weighted by Crippen LogP contribution is -2.40. The zero-order chi connectivity index (χ0) is 17.2. The molecule has 1 aromatic heterocycles. The van der Waals surface area contributed by atoms with E-state index in [1.165, 1.54) is 12.8 Å². The van der Waals surface area contributed by atoms with Crippen LogP contribution in [0.5, 0.6) is 0 Å². The number of thioether (sulfide) groups is 1. The Morgan fingerprint density at radius 1 is 1.25 bits per heavy atom. The second kappa shape index (κ2) is 7.29. The first kappa shape index (κ1) is 17.5. The van der Waals surface area contributed by atoms with Gasteiger partial charge >= 0.3 is 6.09 Å². The van der Waals surface area contributed by atoms with Gasteiger partial charge in [-0.05, 0) is 56.9 Å². The molecule has 1 aromatic rings. The average molecular weight is 353 g/mol. The van der Waals surface area contributed by atoms with Crippen molar-refractivity contribution in [1.29, 1.82) is 0 Å². The van der Waals surface area contributed by atoms with Gasteiger partial charge in [-0.15, -0.1) is 5.10 Å². The molecule has 1 aliphatic heterocycles. The smallest absolute Gasteiger partial charge is 0.410 e. The molecule has 7 nitrogen and oxygen atoms in total. The molecule has 0 spiro atoms. The van der Waals surface area contributed by atoms with Gasteiger partial charge in [0.1, 0.15) is 5.60 Å². The lowest BCUT2D eigenvalue weighted by Gasteiger charge is -2.28. The third-order valence-electron chi connectivity index (χ3n) is 4.54. The lowest BCUT2D eigenvalue weighted by molar-refractivity contribution is 0.0242. The number of ether oxygens (including phenoxy) is 1. The normalized spacial score (nSPS) is 22.3. The van der Waals surface area contributed by atoms with Crippen LogP contribution >= 0.6 is 11.8 Å². The summed E-state index contributed by atoms with van der Waals surface area (Å²) < 4.78 is 7.50. The van der Waals surface area contributed by atoms with Crippen LogP contribution in [0.1, 0.15) is 65.3 Å². The van der Waals surface area contributed by atoms with E-state index in [0.29, 0.717) is 6.04 Å². The summed E-state index contributed by atoms with van der Waals surface area (Å²) in [4.78, 5) is 14.2. The van der Waals surface area contributed by atoms with Crippen molar-refractivity contribution in [3.63, 3.8) is 0 Å². The molecule has 1 amide bonds. The summed E-state index contributed by atoms with van der Waals surface area (Å²) >= 11 is 1.65. The summed E-state index contributed by atoms with van der Waals surface area (Å²) in [5.41, 5.74) is -0.454. The molecule has 0 N–H and O–H groups in total. The molecule has 134 valence electrons. The number of rotatable bonds is 4. The summed E-state index contributed by atoms with van der Waals surface area (Å²) in [6.07, 6.45) is 6.65. The van der Waals surface area contributed by atoms with Gasteiger partial charge in [0.05, 0.1) is 6.04 Å². The van der Waals surface area contributed by atoms with Crippen LogP contribution in [0, 0.1) is 0 Å². The fourth-order valence-corrected chi connectivity index (χ4v) is 4.50. The predicted molar refractivity (Wildman–Crippen MR) is 92.0 cm³/mol. The first-order chi connectivity index (χ1) is 11.4. The van der Waals surface area contributed by atoms with E-state index in [2.05, 4.69) is 15.5 Å². The Balaban J connectivity index is 1.58. The number of likely N-dealkylation sites (tertiary alicyclic amines) is 1. The summed E-state index contributed by atoms with van der Waals surface area (Å²) in [7, 11) is 0. The van der Waals surface area contributed by atoms with Gasteiger partial charge in [-0.25, -0.2) is 9.48 Å². The zero-order valence-electron chi connectivity index (χ0n) is 14.8. The van der Waals surface area contributed by atoms with E-state index in [1.54, 1.807) is 11.8 Å². The molecule has 3 rings (SSSR count). The third-order valence-corrected chi connectivity index (χ3v) is 5.62. The van der Waals surface area contributed by atoms with Crippen LogP contribution in [-0.4, -0.2) is 55.1 Å². The number of carbonyl (C=O) groups is 1. The molecule has 2 fully saturated rings. The van der Waals surface area contributed by atoms with Crippen LogP contribution in [0.2, 0.25) is 0 Å². The number of hydrogen-bond acceptors (Lipinski definition) is 6. The molecule has 2 aliphatic rings. The Labute approximate surface area is 147 Å². The Morgan fingerprint density at radius 2 is 2.00 bits per heavy atom. The van der Waals surface area contributed by atoms with Gasteiger partial charge in [-0.3, -0.25) is 0 Å². The summed E-state index contributed by atoms with van der Waals surface area (Å²) in [5.74, 6) is 0.812. The highest BCUT2D eigenvalue weighted by molar-refractivity contribution is 7.99. The molecule has 0 aromatic carbocycles. The molecule has 0 radical (unpaired) electrons. The van der Waals surface area contributed by atoms with Crippen LogP contribution in [0.15, 0.2) is 5.16 Å². The van der Waals surface area contributed by atoms with Crippen molar-refractivity contribution in [1.82, 2.24) is 25.1 Å². The minimum atomic E-state index is -0.454. The molecule has 2 heterocycles. The second-order valence-electron chi connectivity index (χ2n) is 7.63. The lowest BCUT2D eigenvalue weighted by atomic mass is 10.2. The fraction of sp³-hybridized carbons (Fsp3) is 0.875. The van der Waals surface area contributed by atoms with E-state index >= 15 is 0 Å². The number of nitrogens with zero attached hydrogens (tertiary/aromatic N) is 5. The molecule has 0 unspecified atom stereocenters. The van der Waals surface area contributed by atoms with E-state index < -0.39 is 5.60 Å². The highest BCUT2D eigenvalue weighted by atomic mass is 32.2. The standard InChI is InChI=1S/C16H27N5O2S/c1-16(2,3)23-15(22)20-10-6-9-13(20)11-24-14-17-18-19-21(14)12-7-4-5-8-12/h12-13H,4-11H2,1-3H3/t13-/m0/s1. The Bertz CT molecular complexity index is 565. The molecule has 1 aliphatic carbocycles. The van der Waals surface area contributed by atoms with Gasteiger partial charge < -0.3 is 9.64 Å². The van der Waals surface area contributed by atoms with Gasteiger partial charge in [0.15, 0.2) is 0 Å². The quantitative estimate of drug-likeness (QED) is 0.774. The average Bonchev–Trinajstić information content (AvgIpc) is 3.23. The minimum absolute atomic E-state index is 0.193. The van der Waals surface area contributed by atoms with Crippen LogP contribution in [-0.2, 0) is 4.74 Å². The van der Waals surface area contributed by atoms with Crippen LogP contribution in [0.25, 0.3) is 0 Å². The highest BCUT2D eigenvalue weighted by Gasteiger charge is 2.32. The third kappa shape index (κ3) is 4.20. The summed E-state index contributed by atoms with van der Waals surface area (Å²) in [5, 5.41) is 13.1. The molecular weight excluding hydrogens is 326 g/mol. The van der Waals surface area contributed by atoms with Crippen molar-refractivity contribution in [2.24, 2.45) is 0 Å². The number of amides is 1. The van der Waals surface area contributed by atoms with Crippen molar-refractivity contribution >= 4 is 17.9 Å². The molecule has 1 atom stereocenters. The van der Waals surface area contributed by atoms with E-state index in [4.69, 9.17) is 4.74 Å². The van der Waals surface area contributed by atoms with Crippen molar-refractivity contribution in [2.45, 2.75) is 82.1 Å². The van der Waals surface area contributed by atoms with E-state index in [9.17, 15) is 4.79 Å². The van der Waals surface area contributed by atoms with Crippen molar-refractivity contribution in [2.75, 3.05) is 12.3 Å². The van der Waals surface area contributed by atoms with Gasteiger partial charge in [-0.2, -0.15) is 0 Å². The van der Waals surface area contributed by atoms with Gasteiger partial charge in [0.25, 0.3) is 0 Å². The maximum absolute atomic E-state index is 12.4. The van der Waals surface area contributed by atoms with Crippen LogP contribution in [0.3, 0.4) is 0 Å². The van der Waals surface area contributed by atoms with Crippen LogP contribution < -0.4 is 0 Å². The maximum atomic E-state index is 12.4. The van der Waals surface area contributed by atoms with Crippen molar-refractivity contribution < 1.29 is 9.53 Å². The zero-order valence-corrected chi connectivity index (χ0v) is 15.6. The van der Waals surface area contributed by atoms with Gasteiger partial charge in [-0.1, -0.05) is 24.6 Å². The molecule has 8 heteroatoms. The highest BCUT2D eigenvalue weighted by Crippen LogP contribution is 2.32. The van der Waals surface area contributed by atoms with Crippen LogP contribution in [0.4, 0.5) is 4.79 Å². The molecule has 0 bridgehead atoms. The number of carbonyl (C=O) groups excluding carboxylic acids is 1. The number of hydrogen-bond donors (Lipinski definition) is 0. The number of tetrazole rings is 1. The monoisotopic (exact) mass is 353 g/mol. The molecule has 1 saturated carbocycles. The van der Waals surface area contributed by atoms with Gasteiger partial charge in [0.2, 0.25) is 5.16 Å². The second-order valence-corrected chi connectivity index (χ2v) is 8.61. The maximum Gasteiger partial charge on any atom is 0.410 e. The largest absolute Gasteiger partial charge is 0.444 e. The Hall–Kier alpha value is -1.31. The Kier molecular flexibility index (Phi) is 5.32. The number of aromatic nitrogens is 4. The summed E-state index contributed by atoms with van der Waals surface area (Å²) in [6.45, 7) is 6.48. The Morgan fingerprint density at radius 3 is 2.71 bits per heavy atom. The van der Waals surface area contributed by atoms with E-state index in [-0.39, 0.29) is 12.1 Å². The molecule has 24 heavy (non-hydrogen) atoms. The van der Waals surface area contributed by atoms with Crippen molar-refractivity contribution in [3.8, 4) is 0 Å². The minimum Gasteiger partial charge on any atom is -0.444 e.